The van der Waals surface area contributed by atoms with Gasteiger partial charge in [0.2, 0.25) is 0 Å². The zero-order chi connectivity index (χ0) is 12.7. The molecule has 0 spiro atoms. The summed E-state index contributed by atoms with van der Waals surface area (Å²) in [6.07, 6.45) is 4.11. The van der Waals surface area contributed by atoms with Gasteiger partial charge >= 0.3 is 0 Å². The maximum absolute atomic E-state index is 11.8. The lowest BCUT2D eigenvalue weighted by Gasteiger charge is -2.05. The molecule has 2 heteroatoms. The molecule has 0 heterocycles. The molecule has 0 unspecified atom stereocenters. The van der Waals surface area contributed by atoms with Gasteiger partial charge in [-0.2, -0.15) is 0 Å². The van der Waals surface area contributed by atoms with Crippen molar-refractivity contribution in [3.05, 3.63) is 41.5 Å². The lowest BCUT2D eigenvalue weighted by atomic mass is 10.0. The van der Waals surface area contributed by atoms with Crippen LogP contribution < -0.4 is 4.74 Å². The molecule has 0 saturated heterocycles. The number of carbonyl (C=O) groups excluding carboxylic acids is 1. The Bertz CT molecular complexity index is 388. The fourth-order valence-electron chi connectivity index (χ4n) is 1.77. The van der Waals surface area contributed by atoms with E-state index in [1.165, 1.54) is 5.56 Å². The zero-order valence-corrected chi connectivity index (χ0v) is 10.8. The Hall–Kier alpha value is -1.57. The van der Waals surface area contributed by atoms with Gasteiger partial charge in [0.25, 0.3) is 0 Å². The Morgan fingerprint density at radius 1 is 1.29 bits per heavy atom. The summed E-state index contributed by atoms with van der Waals surface area (Å²) >= 11 is 0. The van der Waals surface area contributed by atoms with Gasteiger partial charge in [0, 0.05) is 6.42 Å². The minimum atomic E-state index is 0.255. The van der Waals surface area contributed by atoms with Crippen LogP contribution in [0.2, 0.25) is 0 Å². The fourth-order valence-corrected chi connectivity index (χ4v) is 1.77. The number of allylic oxidation sites excluding steroid dienone is 2. The molecule has 0 amide bonds. The maximum Gasteiger partial charge on any atom is 0.158 e. The van der Waals surface area contributed by atoms with E-state index in [1.807, 2.05) is 44.2 Å². The van der Waals surface area contributed by atoms with Crippen LogP contribution in [0.4, 0.5) is 0 Å². The molecule has 0 aliphatic heterocycles. The standard InChI is InChI=1S/C15H20O2/c1-4-13(5-2)15(16)11-8-12-6-9-14(17-3)10-7-12/h4,6-7,9-10H,5,8,11H2,1-3H3/b13-4-. The average Bonchev–Trinajstić information content (AvgIpc) is 2.38. The zero-order valence-electron chi connectivity index (χ0n) is 10.8. The minimum Gasteiger partial charge on any atom is -0.497 e. The van der Waals surface area contributed by atoms with Crippen LogP contribution in [0, 0.1) is 0 Å². The summed E-state index contributed by atoms with van der Waals surface area (Å²) in [5, 5.41) is 0. The Morgan fingerprint density at radius 3 is 2.41 bits per heavy atom. The highest BCUT2D eigenvalue weighted by Gasteiger charge is 2.06. The van der Waals surface area contributed by atoms with E-state index in [2.05, 4.69) is 0 Å². The van der Waals surface area contributed by atoms with Crippen molar-refractivity contribution in [2.45, 2.75) is 33.1 Å². The quantitative estimate of drug-likeness (QED) is 0.701. The molecule has 0 bridgehead atoms. The van der Waals surface area contributed by atoms with Gasteiger partial charge in [0.05, 0.1) is 7.11 Å². The molecule has 1 rings (SSSR count). The summed E-state index contributed by atoms with van der Waals surface area (Å²) in [5.74, 6) is 1.11. The van der Waals surface area contributed by atoms with Crippen LogP contribution in [0.1, 0.15) is 32.3 Å². The van der Waals surface area contributed by atoms with Gasteiger partial charge in [0.15, 0.2) is 5.78 Å². The smallest absolute Gasteiger partial charge is 0.158 e. The van der Waals surface area contributed by atoms with E-state index >= 15 is 0 Å². The molecule has 0 fully saturated rings. The molecular weight excluding hydrogens is 212 g/mol. The molecule has 1 aromatic carbocycles. The first-order valence-electron chi connectivity index (χ1n) is 6.02. The molecule has 2 nitrogen and oxygen atoms in total. The Kier molecular flexibility index (Phi) is 5.47. The van der Waals surface area contributed by atoms with Gasteiger partial charge < -0.3 is 4.74 Å². The highest BCUT2D eigenvalue weighted by atomic mass is 16.5. The van der Waals surface area contributed by atoms with E-state index in [1.54, 1.807) is 7.11 Å². The van der Waals surface area contributed by atoms with E-state index in [0.717, 1.165) is 24.2 Å². The first-order chi connectivity index (χ1) is 8.21. The monoisotopic (exact) mass is 232 g/mol. The average molecular weight is 232 g/mol. The number of ketones is 1. The fraction of sp³-hybridized carbons (Fsp3) is 0.400. The molecule has 0 N–H and O–H groups in total. The first-order valence-corrected chi connectivity index (χ1v) is 6.02. The van der Waals surface area contributed by atoms with Crippen LogP contribution in [-0.2, 0) is 11.2 Å². The predicted molar refractivity (Wildman–Crippen MR) is 70.4 cm³/mol. The third kappa shape index (κ3) is 4.06. The van der Waals surface area contributed by atoms with Gasteiger partial charge in [0.1, 0.15) is 5.75 Å². The number of methoxy groups -OCH3 is 1. The summed E-state index contributed by atoms with van der Waals surface area (Å²) < 4.78 is 5.09. The Morgan fingerprint density at radius 2 is 1.94 bits per heavy atom. The minimum absolute atomic E-state index is 0.255. The number of benzene rings is 1. The van der Waals surface area contributed by atoms with E-state index in [9.17, 15) is 4.79 Å². The van der Waals surface area contributed by atoms with Gasteiger partial charge in [-0.25, -0.2) is 0 Å². The molecule has 0 radical (unpaired) electrons. The normalized spacial score (nSPS) is 11.4. The number of hydrogen-bond acceptors (Lipinski definition) is 2. The molecule has 92 valence electrons. The number of Topliss-reactive ketones (excluding diaryl/α,β-unsaturated/α-hetero) is 1. The summed E-state index contributed by atoms with van der Waals surface area (Å²) in [6, 6.07) is 7.87. The van der Waals surface area contributed by atoms with Gasteiger partial charge in [-0.15, -0.1) is 0 Å². The van der Waals surface area contributed by atoms with Gasteiger partial charge in [-0.1, -0.05) is 25.1 Å². The van der Waals surface area contributed by atoms with Crippen molar-refractivity contribution in [3.8, 4) is 5.75 Å². The molecular formula is C15H20O2. The largest absolute Gasteiger partial charge is 0.497 e. The molecule has 0 atom stereocenters. The van der Waals surface area contributed by atoms with Crippen molar-refractivity contribution < 1.29 is 9.53 Å². The van der Waals surface area contributed by atoms with Crippen molar-refractivity contribution in [2.75, 3.05) is 7.11 Å². The van der Waals surface area contributed by atoms with Crippen LogP contribution in [0.3, 0.4) is 0 Å². The van der Waals surface area contributed by atoms with E-state index < -0.39 is 0 Å². The number of rotatable bonds is 6. The molecule has 0 aromatic heterocycles. The first kappa shape index (κ1) is 13.5. The van der Waals surface area contributed by atoms with Gasteiger partial charge in [-0.3, -0.25) is 4.79 Å². The number of carbonyl (C=O) groups is 1. The molecule has 0 aliphatic carbocycles. The second-order valence-corrected chi connectivity index (χ2v) is 3.94. The molecule has 0 aliphatic rings. The highest BCUT2D eigenvalue weighted by Crippen LogP contribution is 2.14. The van der Waals surface area contributed by atoms with Crippen molar-refractivity contribution in [1.29, 1.82) is 0 Å². The Balaban J connectivity index is 2.52. The van der Waals surface area contributed by atoms with Crippen molar-refractivity contribution in [1.82, 2.24) is 0 Å². The van der Waals surface area contributed by atoms with Crippen molar-refractivity contribution >= 4 is 5.78 Å². The van der Waals surface area contributed by atoms with Crippen LogP contribution >= 0.6 is 0 Å². The highest BCUT2D eigenvalue weighted by molar-refractivity contribution is 5.95. The number of hydrogen-bond donors (Lipinski definition) is 0. The third-order valence-electron chi connectivity index (χ3n) is 2.89. The Labute approximate surface area is 103 Å². The molecule has 0 saturated carbocycles. The lowest BCUT2D eigenvalue weighted by Crippen LogP contribution is -2.03. The van der Waals surface area contributed by atoms with Crippen LogP contribution in [0.25, 0.3) is 0 Å². The van der Waals surface area contributed by atoms with Crippen molar-refractivity contribution in [3.63, 3.8) is 0 Å². The molecule has 17 heavy (non-hydrogen) atoms. The number of ether oxygens (including phenoxy) is 1. The van der Waals surface area contributed by atoms with Crippen LogP contribution in [0.15, 0.2) is 35.9 Å². The second-order valence-electron chi connectivity index (χ2n) is 3.94. The summed E-state index contributed by atoms with van der Waals surface area (Å²) in [7, 11) is 1.65. The predicted octanol–water partition coefficient (Wildman–Crippen LogP) is 3.55. The summed E-state index contributed by atoms with van der Waals surface area (Å²) in [5.41, 5.74) is 2.10. The van der Waals surface area contributed by atoms with Crippen LogP contribution in [0.5, 0.6) is 5.75 Å². The summed E-state index contributed by atoms with van der Waals surface area (Å²) in [6.45, 7) is 3.94. The topological polar surface area (TPSA) is 26.3 Å². The number of aryl methyl sites for hydroxylation is 1. The van der Waals surface area contributed by atoms with E-state index in [0.29, 0.717) is 6.42 Å². The van der Waals surface area contributed by atoms with Crippen LogP contribution in [-0.4, -0.2) is 12.9 Å². The maximum atomic E-state index is 11.8. The SMILES string of the molecule is C/C=C(/CC)C(=O)CCc1ccc(OC)cc1. The van der Waals surface area contributed by atoms with Crippen molar-refractivity contribution in [2.24, 2.45) is 0 Å². The van der Waals surface area contributed by atoms with E-state index in [-0.39, 0.29) is 5.78 Å². The lowest BCUT2D eigenvalue weighted by molar-refractivity contribution is -0.115. The second kappa shape index (κ2) is 6.89. The summed E-state index contributed by atoms with van der Waals surface area (Å²) in [4.78, 5) is 11.8. The van der Waals surface area contributed by atoms with E-state index in [4.69, 9.17) is 4.74 Å². The van der Waals surface area contributed by atoms with Gasteiger partial charge in [-0.05, 0) is 43.0 Å². The third-order valence-corrected chi connectivity index (χ3v) is 2.89. The molecule has 1 aromatic rings.